The van der Waals surface area contributed by atoms with Crippen molar-refractivity contribution in [3.63, 3.8) is 0 Å². The highest BCUT2D eigenvalue weighted by molar-refractivity contribution is 6.39. The summed E-state index contributed by atoms with van der Waals surface area (Å²) in [5, 5.41) is 2.28. The maximum Gasteiger partial charge on any atom is 0.335 e. The second kappa shape index (κ2) is 10.2. The van der Waals surface area contributed by atoms with E-state index >= 15 is 0 Å². The van der Waals surface area contributed by atoms with Gasteiger partial charge in [-0.15, -0.1) is 0 Å². The number of nitrogens with zero attached hydrogens (tertiary/aromatic N) is 2. The number of imide groups is 2. The average molecular weight is 458 g/mol. The molecule has 2 heterocycles. The van der Waals surface area contributed by atoms with Gasteiger partial charge in [-0.3, -0.25) is 14.9 Å². The van der Waals surface area contributed by atoms with Crippen LogP contribution in [-0.4, -0.2) is 29.0 Å². The SMILES string of the molecule is CC[C@@H](C)c1ccc(N2C(=O)NC(=O)/C(=C/c3cccn3CCOc3ccccc3)C2=O)cc1. The molecule has 0 spiro atoms. The Labute approximate surface area is 198 Å². The standard InChI is InChI=1S/C27H27N3O4/c1-3-19(2)20-11-13-21(14-12-20)30-26(32)24(25(31)28-27(30)33)18-22-8-7-15-29(22)16-17-34-23-9-5-4-6-10-23/h4-15,18-19H,3,16-17H2,1-2H3,(H,28,31,33)/b24-18-/t19-/m1/s1. The van der Waals surface area contributed by atoms with E-state index in [-0.39, 0.29) is 5.57 Å². The molecule has 0 bridgehead atoms. The van der Waals surface area contributed by atoms with Gasteiger partial charge in [0.25, 0.3) is 11.8 Å². The summed E-state index contributed by atoms with van der Waals surface area (Å²) >= 11 is 0. The summed E-state index contributed by atoms with van der Waals surface area (Å²) in [6.07, 6.45) is 4.34. The summed E-state index contributed by atoms with van der Waals surface area (Å²) in [7, 11) is 0. The monoisotopic (exact) mass is 457 g/mol. The number of carbonyl (C=O) groups is 3. The molecule has 4 rings (SSSR count). The molecular formula is C27H27N3O4. The lowest BCUT2D eigenvalue weighted by Gasteiger charge is -2.26. The molecule has 2 aromatic carbocycles. The van der Waals surface area contributed by atoms with Crippen molar-refractivity contribution in [3.05, 3.63) is 89.8 Å². The van der Waals surface area contributed by atoms with Crippen LogP contribution in [0.1, 0.15) is 37.4 Å². The van der Waals surface area contributed by atoms with Crippen molar-refractivity contribution in [2.24, 2.45) is 0 Å². The Morgan fingerprint density at radius 3 is 2.41 bits per heavy atom. The first-order valence-corrected chi connectivity index (χ1v) is 11.3. The van der Waals surface area contributed by atoms with Crippen LogP contribution < -0.4 is 15.0 Å². The van der Waals surface area contributed by atoms with E-state index in [0.29, 0.717) is 30.5 Å². The van der Waals surface area contributed by atoms with Gasteiger partial charge in [0.05, 0.1) is 12.2 Å². The summed E-state index contributed by atoms with van der Waals surface area (Å²) in [6, 6.07) is 19.6. The largest absolute Gasteiger partial charge is 0.492 e. The summed E-state index contributed by atoms with van der Waals surface area (Å²) in [6.45, 7) is 5.17. The molecule has 7 heteroatoms. The van der Waals surface area contributed by atoms with Crippen LogP contribution in [0.3, 0.4) is 0 Å². The third kappa shape index (κ3) is 4.93. The van der Waals surface area contributed by atoms with Gasteiger partial charge in [0.15, 0.2) is 0 Å². The summed E-state index contributed by atoms with van der Waals surface area (Å²) < 4.78 is 7.64. The van der Waals surface area contributed by atoms with E-state index in [1.54, 1.807) is 18.2 Å². The Morgan fingerprint density at radius 2 is 1.71 bits per heavy atom. The minimum atomic E-state index is -0.755. The lowest BCUT2D eigenvalue weighted by molar-refractivity contribution is -0.122. The number of hydrogen-bond donors (Lipinski definition) is 1. The van der Waals surface area contributed by atoms with E-state index in [4.69, 9.17) is 4.74 Å². The zero-order valence-corrected chi connectivity index (χ0v) is 19.2. The number of barbiturate groups is 1. The van der Waals surface area contributed by atoms with Gasteiger partial charge < -0.3 is 9.30 Å². The van der Waals surface area contributed by atoms with Gasteiger partial charge in [-0.2, -0.15) is 0 Å². The lowest BCUT2D eigenvalue weighted by atomic mass is 9.98. The molecule has 0 unspecified atom stereocenters. The fourth-order valence-corrected chi connectivity index (χ4v) is 3.77. The molecule has 34 heavy (non-hydrogen) atoms. The topological polar surface area (TPSA) is 80.6 Å². The van der Waals surface area contributed by atoms with Crippen molar-refractivity contribution in [3.8, 4) is 5.75 Å². The van der Waals surface area contributed by atoms with Gasteiger partial charge in [0.1, 0.15) is 17.9 Å². The normalized spacial score (nSPS) is 16.0. The highest BCUT2D eigenvalue weighted by Gasteiger charge is 2.37. The lowest BCUT2D eigenvalue weighted by Crippen LogP contribution is -2.54. The third-order valence-corrected chi connectivity index (χ3v) is 5.94. The van der Waals surface area contributed by atoms with Crippen molar-refractivity contribution < 1.29 is 19.1 Å². The number of rotatable bonds is 8. The first-order valence-electron chi connectivity index (χ1n) is 11.3. The van der Waals surface area contributed by atoms with Crippen LogP contribution in [0.25, 0.3) is 6.08 Å². The number of nitrogens with one attached hydrogen (secondary N) is 1. The zero-order valence-electron chi connectivity index (χ0n) is 19.2. The molecule has 0 aliphatic carbocycles. The molecule has 4 amide bonds. The third-order valence-electron chi connectivity index (χ3n) is 5.94. The van der Waals surface area contributed by atoms with Crippen LogP contribution in [0.15, 0.2) is 78.5 Å². The van der Waals surface area contributed by atoms with Gasteiger partial charge in [0, 0.05) is 11.9 Å². The number of benzene rings is 2. The van der Waals surface area contributed by atoms with E-state index in [0.717, 1.165) is 22.6 Å². The number of amides is 4. The highest BCUT2D eigenvalue weighted by Crippen LogP contribution is 2.25. The molecule has 1 fully saturated rings. The second-order valence-corrected chi connectivity index (χ2v) is 8.15. The van der Waals surface area contributed by atoms with Gasteiger partial charge in [-0.1, -0.05) is 44.2 Å². The predicted molar refractivity (Wildman–Crippen MR) is 131 cm³/mol. The van der Waals surface area contributed by atoms with Gasteiger partial charge in [-0.25, -0.2) is 9.69 Å². The Hall–Kier alpha value is -4.13. The summed E-state index contributed by atoms with van der Waals surface area (Å²) in [5.74, 6) is -0.227. The fraction of sp³-hybridized carbons (Fsp3) is 0.222. The fourth-order valence-electron chi connectivity index (χ4n) is 3.77. The van der Waals surface area contributed by atoms with Crippen LogP contribution in [0.5, 0.6) is 5.75 Å². The van der Waals surface area contributed by atoms with E-state index in [9.17, 15) is 14.4 Å². The molecule has 0 saturated carbocycles. The molecule has 1 aromatic heterocycles. The Balaban J connectivity index is 1.53. The quantitative estimate of drug-likeness (QED) is 0.391. The molecule has 1 aliphatic heterocycles. The van der Waals surface area contributed by atoms with Crippen molar-refractivity contribution in [1.29, 1.82) is 0 Å². The molecule has 3 aromatic rings. The molecule has 174 valence electrons. The van der Waals surface area contributed by atoms with Crippen LogP contribution in [0.4, 0.5) is 10.5 Å². The maximum atomic E-state index is 13.2. The van der Waals surface area contributed by atoms with Crippen molar-refractivity contribution in [1.82, 2.24) is 9.88 Å². The van der Waals surface area contributed by atoms with Crippen molar-refractivity contribution in [2.75, 3.05) is 11.5 Å². The minimum Gasteiger partial charge on any atom is -0.492 e. The molecule has 7 nitrogen and oxygen atoms in total. The van der Waals surface area contributed by atoms with Gasteiger partial charge in [-0.05, 0) is 60.4 Å². The van der Waals surface area contributed by atoms with Crippen LogP contribution in [0, 0.1) is 0 Å². The molecule has 1 aliphatic rings. The predicted octanol–water partition coefficient (Wildman–Crippen LogP) is 4.75. The molecule has 1 N–H and O–H groups in total. The van der Waals surface area contributed by atoms with Crippen LogP contribution >= 0.6 is 0 Å². The first kappa shape index (κ1) is 23.0. The van der Waals surface area contributed by atoms with E-state index in [2.05, 4.69) is 19.2 Å². The molecule has 0 radical (unpaired) electrons. The number of anilines is 1. The maximum absolute atomic E-state index is 13.2. The molecule has 1 atom stereocenters. The van der Waals surface area contributed by atoms with E-state index < -0.39 is 17.8 Å². The van der Waals surface area contributed by atoms with E-state index in [1.807, 2.05) is 59.3 Å². The second-order valence-electron chi connectivity index (χ2n) is 8.15. The molecule has 1 saturated heterocycles. The first-order chi connectivity index (χ1) is 16.5. The van der Waals surface area contributed by atoms with Gasteiger partial charge in [0.2, 0.25) is 0 Å². The number of aromatic nitrogens is 1. The minimum absolute atomic E-state index is 0.102. The number of ether oxygens (including phenoxy) is 1. The average Bonchev–Trinajstić information content (AvgIpc) is 3.29. The zero-order chi connectivity index (χ0) is 24.1. The van der Waals surface area contributed by atoms with Crippen LogP contribution in [0.2, 0.25) is 0 Å². The highest BCUT2D eigenvalue weighted by atomic mass is 16.5. The van der Waals surface area contributed by atoms with Crippen molar-refractivity contribution >= 4 is 29.6 Å². The number of hydrogen-bond acceptors (Lipinski definition) is 4. The number of para-hydroxylation sites is 1. The summed E-state index contributed by atoms with van der Waals surface area (Å²) in [5.41, 5.74) is 2.10. The van der Waals surface area contributed by atoms with Gasteiger partial charge >= 0.3 is 6.03 Å². The number of urea groups is 1. The Kier molecular flexibility index (Phi) is 6.92. The smallest absolute Gasteiger partial charge is 0.335 e. The Morgan fingerprint density at radius 1 is 0.971 bits per heavy atom. The van der Waals surface area contributed by atoms with Crippen molar-refractivity contribution in [2.45, 2.75) is 32.7 Å². The van der Waals surface area contributed by atoms with E-state index in [1.165, 1.54) is 6.08 Å². The number of carbonyl (C=O) groups excluding carboxylic acids is 3. The Bertz CT molecular complexity index is 1210. The van der Waals surface area contributed by atoms with Crippen LogP contribution in [-0.2, 0) is 16.1 Å². The summed E-state index contributed by atoms with van der Waals surface area (Å²) in [4.78, 5) is 39.2. The molecular weight excluding hydrogens is 430 g/mol.